The van der Waals surface area contributed by atoms with Gasteiger partial charge in [-0.2, -0.15) is 0 Å². The first-order valence-corrected chi connectivity index (χ1v) is 8.51. The third kappa shape index (κ3) is 6.54. The van der Waals surface area contributed by atoms with Gasteiger partial charge < -0.3 is 16.8 Å². The first kappa shape index (κ1) is 19.9. The molecule has 0 bridgehead atoms. The molecular weight excluding hydrogens is 298 g/mol. The predicted octanol–water partition coefficient (Wildman–Crippen LogP) is 3.47. The molecule has 0 atom stereocenters. The lowest BCUT2D eigenvalue weighted by Gasteiger charge is -2.26. The zero-order chi connectivity index (χ0) is 17.9. The van der Waals surface area contributed by atoms with Gasteiger partial charge in [0.15, 0.2) is 0 Å². The Morgan fingerprint density at radius 1 is 1.33 bits per heavy atom. The number of aromatic nitrogens is 2. The van der Waals surface area contributed by atoms with E-state index in [1.165, 1.54) is 31.9 Å². The molecular formula is C19H31N5. The Morgan fingerprint density at radius 3 is 2.50 bits per heavy atom. The maximum Gasteiger partial charge on any atom is 0.223 e. The van der Waals surface area contributed by atoms with Crippen LogP contribution in [0.3, 0.4) is 0 Å². The van der Waals surface area contributed by atoms with Crippen molar-refractivity contribution < 1.29 is 0 Å². The second-order valence-corrected chi connectivity index (χ2v) is 6.18. The third-order valence-corrected chi connectivity index (χ3v) is 4.18. The lowest BCUT2D eigenvalue weighted by molar-refractivity contribution is 0.360. The number of nitrogens with zero attached hydrogens (tertiary/aromatic N) is 2. The summed E-state index contributed by atoms with van der Waals surface area (Å²) in [7, 11) is 0. The minimum Gasteiger partial charge on any atom is -0.405 e. The van der Waals surface area contributed by atoms with Crippen molar-refractivity contribution >= 4 is 11.5 Å². The van der Waals surface area contributed by atoms with E-state index in [9.17, 15) is 0 Å². The summed E-state index contributed by atoms with van der Waals surface area (Å²) >= 11 is 0. The van der Waals surface area contributed by atoms with Crippen molar-refractivity contribution in [3.05, 3.63) is 49.0 Å². The summed E-state index contributed by atoms with van der Waals surface area (Å²) in [5.41, 5.74) is 12.8. The summed E-state index contributed by atoms with van der Waals surface area (Å²) in [6.07, 6.45) is 9.95. The topological polar surface area (TPSA) is 89.9 Å². The largest absolute Gasteiger partial charge is 0.405 e. The Bertz CT molecular complexity index is 553. The SMILES string of the molecule is C/C=C\N.C=C(CN)C(=C)c1ccnc(NC2CCC(C)CC2)n1. The fraction of sp³-hybridized carbons (Fsp3) is 0.474. The molecule has 1 aliphatic carbocycles. The average molecular weight is 329 g/mol. The van der Waals surface area contributed by atoms with Crippen LogP contribution in [0.15, 0.2) is 43.3 Å². The van der Waals surface area contributed by atoms with Crippen molar-refractivity contribution in [3.63, 3.8) is 0 Å². The molecule has 2 rings (SSSR count). The van der Waals surface area contributed by atoms with Gasteiger partial charge in [0.1, 0.15) is 0 Å². The number of nitrogens with two attached hydrogens (primary N) is 2. The predicted molar refractivity (Wildman–Crippen MR) is 103 cm³/mol. The highest BCUT2D eigenvalue weighted by Gasteiger charge is 2.18. The van der Waals surface area contributed by atoms with Crippen LogP contribution in [-0.4, -0.2) is 22.6 Å². The molecule has 1 aromatic heterocycles. The van der Waals surface area contributed by atoms with E-state index in [2.05, 4.69) is 35.4 Å². The fourth-order valence-corrected chi connectivity index (χ4v) is 2.49. The molecule has 0 saturated heterocycles. The number of nitrogens with one attached hydrogen (secondary N) is 1. The van der Waals surface area contributed by atoms with E-state index in [0.717, 1.165) is 22.8 Å². The van der Waals surface area contributed by atoms with Gasteiger partial charge in [-0.15, -0.1) is 0 Å². The lowest BCUT2D eigenvalue weighted by atomic mass is 9.87. The van der Waals surface area contributed by atoms with Gasteiger partial charge in [0.25, 0.3) is 0 Å². The van der Waals surface area contributed by atoms with Crippen molar-refractivity contribution in [2.24, 2.45) is 17.4 Å². The molecule has 0 unspecified atom stereocenters. The second-order valence-electron chi connectivity index (χ2n) is 6.18. The van der Waals surface area contributed by atoms with Gasteiger partial charge in [-0.3, -0.25) is 0 Å². The molecule has 5 heteroatoms. The number of allylic oxidation sites excluding steroid dienone is 1. The Hall–Kier alpha value is -2.14. The number of hydrogen-bond donors (Lipinski definition) is 3. The summed E-state index contributed by atoms with van der Waals surface area (Å²) in [5.74, 6) is 1.51. The molecule has 0 radical (unpaired) electrons. The summed E-state index contributed by atoms with van der Waals surface area (Å²) in [6.45, 7) is 12.5. The molecule has 5 N–H and O–H groups in total. The van der Waals surface area contributed by atoms with E-state index >= 15 is 0 Å². The van der Waals surface area contributed by atoms with E-state index in [1.54, 1.807) is 12.3 Å². The maximum absolute atomic E-state index is 5.59. The molecule has 24 heavy (non-hydrogen) atoms. The van der Waals surface area contributed by atoms with Crippen LogP contribution in [0.25, 0.3) is 5.57 Å². The number of hydrogen-bond acceptors (Lipinski definition) is 5. The first-order valence-electron chi connectivity index (χ1n) is 8.51. The molecule has 1 aromatic rings. The summed E-state index contributed by atoms with van der Waals surface area (Å²) in [5, 5.41) is 3.43. The van der Waals surface area contributed by atoms with Crippen molar-refractivity contribution in [1.29, 1.82) is 0 Å². The Balaban J connectivity index is 0.000000648. The Labute approximate surface area is 146 Å². The molecule has 0 amide bonds. The Kier molecular flexibility index (Phi) is 8.79. The second kappa shape index (κ2) is 10.6. The maximum atomic E-state index is 5.59. The van der Waals surface area contributed by atoms with Crippen LogP contribution in [0.2, 0.25) is 0 Å². The van der Waals surface area contributed by atoms with Gasteiger partial charge in [-0.05, 0) is 61.9 Å². The van der Waals surface area contributed by atoms with Crippen LogP contribution in [0.4, 0.5) is 5.95 Å². The summed E-state index contributed by atoms with van der Waals surface area (Å²) in [4.78, 5) is 8.81. The van der Waals surface area contributed by atoms with Crippen LogP contribution in [-0.2, 0) is 0 Å². The van der Waals surface area contributed by atoms with Crippen LogP contribution in [0.1, 0.15) is 45.2 Å². The van der Waals surface area contributed by atoms with Crippen molar-refractivity contribution in [3.8, 4) is 0 Å². The quantitative estimate of drug-likeness (QED) is 0.720. The van der Waals surface area contributed by atoms with E-state index < -0.39 is 0 Å². The fourth-order valence-electron chi connectivity index (χ4n) is 2.49. The highest BCUT2D eigenvalue weighted by molar-refractivity contribution is 5.75. The average Bonchev–Trinajstić information content (AvgIpc) is 2.62. The van der Waals surface area contributed by atoms with E-state index in [4.69, 9.17) is 11.5 Å². The molecule has 1 heterocycles. The van der Waals surface area contributed by atoms with E-state index in [0.29, 0.717) is 18.5 Å². The molecule has 0 aromatic carbocycles. The number of anilines is 1. The lowest BCUT2D eigenvalue weighted by Crippen LogP contribution is -2.26. The minimum atomic E-state index is 0.395. The zero-order valence-electron chi connectivity index (χ0n) is 15.0. The van der Waals surface area contributed by atoms with Crippen molar-refractivity contribution in [2.45, 2.75) is 45.6 Å². The third-order valence-electron chi connectivity index (χ3n) is 4.18. The molecule has 1 fully saturated rings. The van der Waals surface area contributed by atoms with Gasteiger partial charge in [-0.25, -0.2) is 9.97 Å². The molecule has 0 aliphatic heterocycles. The van der Waals surface area contributed by atoms with Crippen LogP contribution in [0, 0.1) is 5.92 Å². The smallest absolute Gasteiger partial charge is 0.223 e. The highest BCUT2D eigenvalue weighted by atomic mass is 15.1. The minimum absolute atomic E-state index is 0.395. The molecule has 1 saturated carbocycles. The summed E-state index contributed by atoms with van der Waals surface area (Å²) < 4.78 is 0. The summed E-state index contributed by atoms with van der Waals surface area (Å²) in [6, 6.07) is 2.32. The molecule has 132 valence electrons. The standard InChI is InChI=1S/C16H24N4.C3H7N/c1-11-4-6-14(7-5-11)19-16-18-9-8-15(20-16)13(3)12(2)10-17;1-2-3-4/h8-9,11,14H,2-7,10,17H2,1H3,(H,18,19,20);2-3H,4H2,1H3/b;3-2-. The van der Waals surface area contributed by atoms with Crippen LogP contribution < -0.4 is 16.8 Å². The van der Waals surface area contributed by atoms with Gasteiger partial charge in [0.2, 0.25) is 5.95 Å². The number of rotatable bonds is 5. The highest BCUT2D eigenvalue weighted by Crippen LogP contribution is 2.25. The first-order chi connectivity index (χ1) is 11.5. The molecule has 5 nitrogen and oxygen atoms in total. The molecule has 1 aliphatic rings. The van der Waals surface area contributed by atoms with Gasteiger partial charge in [0.05, 0.1) is 5.69 Å². The molecule has 0 spiro atoms. The zero-order valence-corrected chi connectivity index (χ0v) is 15.0. The van der Waals surface area contributed by atoms with Crippen LogP contribution in [0.5, 0.6) is 0 Å². The van der Waals surface area contributed by atoms with Gasteiger partial charge >= 0.3 is 0 Å². The van der Waals surface area contributed by atoms with Gasteiger partial charge in [0, 0.05) is 18.8 Å². The monoisotopic (exact) mass is 329 g/mol. The van der Waals surface area contributed by atoms with E-state index in [1.807, 2.05) is 13.0 Å². The van der Waals surface area contributed by atoms with Crippen LogP contribution >= 0.6 is 0 Å². The van der Waals surface area contributed by atoms with Crippen molar-refractivity contribution in [2.75, 3.05) is 11.9 Å². The van der Waals surface area contributed by atoms with Gasteiger partial charge in [-0.1, -0.05) is 26.2 Å². The van der Waals surface area contributed by atoms with Crippen molar-refractivity contribution in [1.82, 2.24) is 9.97 Å². The van der Waals surface area contributed by atoms with E-state index in [-0.39, 0.29) is 0 Å². The normalized spacial score (nSPS) is 20.1. The Morgan fingerprint density at radius 2 is 1.96 bits per heavy atom.